The molecule has 0 spiro atoms. The van der Waals surface area contributed by atoms with Crippen molar-refractivity contribution in [1.82, 2.24) is 15.3 Å². The van der Waals surface area contributed by atoms with Crippen LogP contribution in [0.4, 0.5) is 11.8 Å². The molecule has 5 rings (SSSR count). The molecule has 1 aliphatic heterocycles. The van der Waals surface area contributed by atoms with E-state index in [0.717, 1.165) is 54.3 Å². The van der Waals surface area contributed by atoms with Crippen LogP contribution in [-0.2, 0) is 0 Å². The van der Waals surface area contributed by atoms with Gasteiger partial charge < -0.3 is 20.4 Å². The number of nitrogens with one attached hydrogen (secondary N) is 1. The van der Waals surface area contributed by atoms with Crippen LogP contribution < -0.4 is 16.0 Å². The van der Waals surface area contributed by atoms with Crippen LogP contribution in [-0.4, -0.2) is 35.6 Å². The minimum Gasteiger partial charge on any atom is -0.450 e. The molecule has 3 heterocycles. The van der Waals surface area contributed by atoms with E-state index < -0.39 is 0 Å². The molecular formula is C18H20ClN5O. The summed E-state index contributed by atoms with van der Waals surface area (Å²) in [6.07, 6.45) is 3.84. The first-order valence-corrected chi connectivity index (χ1v) is 9.19. The molecule has 1 saturated heterocycles. The Balaban J connectivity index is 1.51. The third-order valence-electron chi connectivity index (χ3n) is 5.15. The van der Waals surface area contributed by atoms with Crippen molar-refractivity contribution in [1.29, 1.82) is 0 Å². The summed E-state index contributed by atoms with van der Waals surface area (Å²) in [5, 5.41) is 5.20. The van der Waals surface area contributed by atoms with Crippen molar-refractivity contribution in [3.63, 3.8) is 0 Å². The van der Waals surface area contributed by atoms with Crippen molar-refractivity contribution < 1.29 is 4.42 Å². The van der Waals surface area contributed by atoms with Crippen LogP contribution in [0.5, 0.6) is 0 Å². The summed E-state index contributed by atoms with van der Waals surface area (Å²) in [6, 6.07) is 6.04. The second-order valence-corrected chi connectivity index (χ2v) is 7.55. The molecule has 0 radical (unpaired) electrons. The molecule has 0 amide bonds. The van der Waals surface area contributed by atoms with Gasteiger partial charge in [-0.2, -0.15) is 4.98 Å². The number of anilines is 2. The van der Waals surface area contributed by atoms with Crippen molar-refractivity contribution >= 4 is 45.4 Å². The first-order valence-electron chi connectivity index (χ1n) is 8.81. The van der Waals surface area contributed by atoms with Gasteiger partial charge in [-0.15, -0.1) is 0 Å². The van der Waals surface area contributed by atoms with Crippen LogP contribution in [0, 0.1) is 5.92 Å². The number of hydrogen-bond donors (Lipinski definition) is 2. The molecule has 2 fully saturated rings. The topological polar surface area (TPSA) is 80.2 Å². The summed E-state index contributed by atoms with van der Waals surface area (Å²) in [5.74, 6) is 1.93. The number of rotatable bonds is 4. The van der Waals surface area contributed by atoms with E-state index in [4.69, 9.17) is 21.8 Å². The average molecular weight is 358 g/mol. The van der Waals surface area contributed by atoms with Gasteiger partial charge in [-0.3, -0.25) is 0 Å². The van der Waals surface area contributed by atoms with E-state index >= 15 is 0 Å². The molecule has 130 valence electrons. The lowest BCUT2D eigenvalue weighted by atomic mass is 10.2. The zero-order valence-corrected chi connectivity index (χ0v) is 14.6. The lowest BCUT2D eigenvalue weighted by Gasteiger charge is -2.18. The normalized spacial score (nSPS) is 20.8. The molecule has 3 aromatic rings. The maximum absolute atomic E-state index is 6.13. The fraction of sp³-hybridized carbons (Fsp3) is 0.444. The maximum Gasteiger partial charge on any atom is 0.222 e. The van der Waals surface area contributed by atoms with E-state index in [1.165, 1.54) is 12.8 Å². The Hall–Kier alpha value is -2.05. The van der Waals surface area contributed by atoms with Crippen LogP contribution in [0.1, 0.15) is 19.3 Å². The van der Waals surface area contributed by atoms with Crippen molar-refractivity contribution in [2.75, 3.05) is 30.3 Å². The average Bonchev–Trinajstić information content (AvgIpc) is 3.19. The number of furan rings is 1. The number of nitrogens with two attached hydrogens (primary N) is 1. The summed E-state index contributed by atoms with van der Waals surface area (Å²) in [6.45, 7) is 2.98. The molecule has 6 nitrogen and oxygen atoms in total. The van der Waals surface area contributed by atoms with E-state index in [1.807, 2.05) is 18.2 Å². The molecule has 1 unspecified atom stereocenters. The maximum atomic E-state index is 6.13. The summed E-state index contributed by atoms with van der Waals surface area (Å²) in [4.78, 5) is 11.1. The molecule has 7 heteroatoms. The van der Waals surface area contributed by atoms with Crippen LogP contribution in [0.25, 0.3) is 22.1 Å². The van der Waals surface area contributed by atoms with Gasteiger partial charge >= 0.3 is 0 Å². The molecule has 25 heavy (non-hydrogen) atoms. The zero-order chi connectivity index (χ0) is 17.0. The van der Waals surface area contributed by atoms with Gasteiger partial charge in [-0.25, -0.2) is 4.98 Å². The summed E-state index contributed by atoms with van der Waals surface area (Å²) >= 11 is 6.13. The Kier molecular flexibility index (Phi) is 3.50. The van der Waals surface area contributed by atoms with Gasteiger partial charge in [0.15, 0.2) is 11.4 Å². The standard InChI is InChI=1S/C18H20ClN5O/c19-11-3-4-14-13(7-11)15-16(25-14)17(23-18(20)22-15)24-6-5-12(9-24)21-8-10-1-2-10/h3-4,7,10,12,21H,1-2,5-6,8-9H2,(H2,20,22,23). The van der Waals surface area contributed by atoms with E-state index in [-0.39, 0.29) is 5.95 Å². The Morgan fingerprint density at radius 3 is 3.00 bits per heavy atom. The predicted molar refractivity (Wildman–Crippen MR) is 100 cm³/mol. The van der Waals surface area contributed by atoms with Gasteiger partial charge in [0.2, 0.25) is 5.95 Å². The van der Waals surface area contributed by atoms with Crippen molar-refractivity contribution in [2.45, 2.75) is 25.3 Å². The lowest BCUT2D eigenvalue weighted by Crippen LogP contribution is -2.34. The second-order valence-electron chi connectivity index (χ2n) is 7.11. The number of halogens is 1. The van der Waals surface area contributed by atoms with Gasteiger partial charge in [-0.1, -0.05) is 11.6 Å². The quantitative estimate of drug-likeness (QED) is 0.746. The predicted octanol–water partition coefficient (Wildman–Crippen LogP) is 3.19. The largest absolute Gasteiger partial charge is 0.450 e. The third-order valence-corrected chi connectivity index (χ3v) is 5.39. The zero-order valence-electron chi connectivity index (χ0n) is 13.8. The van der Waals surface area contributed by atoms with Crippen LogP contribution in [0.15, 0.2) is 22.6 Å². The molecule has 1 saturated carbocycles. The number of nitrogens with zero attached hydrogens (tertiary/aromatic N) is 3. The van der Waals surface area contributed by atoms with Crippen LogP contribution in [0.2, 0.25) is 5.02 Å². The molecular weight excluding hydrogens is 338 g/mol. The number of nitrogen functional groups attached to an aromatic ring is 1. The Morgan fingerprint density at radius 1 is 1.28 bits per heavy atom. The monoisotopic (exact) mass is 357 g/mol. The van der Waals surface area contributed by atoms with Gasteiger partial charge in [-0.05, 0) is 49.9 Å². The fourth-order valence-electron chi connectivity index (χ4n) is 3.61. The smallest absolute Gasteiger partial charge is 0.222 e. The highest BCUT2D eigenvalue weighted by Crippen LogP contribution is 2.36. The Labute approximate surface area is 150 Å². The third kappa shape index (κ3) is 2.79. The SMILES string of the molecule is Nc1nc(N2CCC(NCC3CC3)C2)c2oc3ccc(Cl)cc3c2n1. The van der Waals surface area contributed by atoms with Crippen molar-refractivity contribution in [3.05, 3.63) is 23.2 Å². The van der Waals surface area contributed by atoms with Crippen molar-refractivity contribution in [2.24, 2.45) is 5.92 Å². The number of benzene rings is 1. The lowest BCUT2D eigenvalue weighted by molar-refractivity contribution is 0.530. The van der Waals surface area contributed by atoms with E-state index in [1.54, 1.807) is 0 Å². The number of fused-ring (bicyclic) bond motifs is 3. The highest BCUT2D eigenvalue weighted by molar-refractivity contribution is 6.31. The van der Waals surface area contributed by atoms with Gasteiger partial charge in [0.25, 0.3) is 0 Å². The molecule has 1 aliphatic carbocycles. The highest BCUT2D eigenvalue weighted by atomic mass is 35.5. The van der Waals surface area contributed by atoms with E-state index in [0.29, 0.717) is 16.6 Å². The Morgan fingerprint density at radius 2 is 2.16 bits per heavy atom. The van der Waals surface area contributed by atoms with Crippen molar-refractivity contribution in [3.8, 4) is 0 Å². The van der Waals surface area contributed by atoms with Gasteiger partial charge in [0.05, 0.1) is 0 Å². The van der Waals surface area contributed by atoms with E-state index in [2.05, 4.69) is 20.2 Å². The van der Waals surface area contributed by atoms with Crippen LogP contribution in [0.3, 0.4) is 0 Å². The first-order chi connectivity index (χ1) is 12.2. The fourth-order valence-corrected chi connectivity index (χ4v) is 3.78. The number of hydrogen-bond acceptors (Lipinski definition) is 6. The summed E-state index contributed by atoms with van der Waals surface area (Å²) < 4.78 is 6.05. The minimum absolute atomic E-state index is 0.263. The van der Waals surface area contributed by atoms with Gasteiger partial charge in [0.1, 0.15) is 11.1 Å². The second kappa shape index (κ2) is 5.75. The molecule has 0 bridgehead atoms. The summed E-state index contributed by atoms with van der Waals surface area (Å²) in [5.41, 5.74) is 8.16. The van der Waals surface area contributed by atoms with E-state index in [9.17, 15) is 0 Å². The molecule has 2 aromatic heterocycles. The molecule has 2 aliphatic rings. The highest BCUT2D eigenvalue weighted by Gasteiger charge is 2.29. The van der Waals surface area contributed by atoms with Gasteiger partial charge in [0, 0.05) is 29.5 Å². The molecule has 1 aromatic carbocycles. The van der Waals surface area contributed by atoms with Crippen LogP contribution >= 0.6 is 11.6 Å². The molecule has 1 atom stereocenters. The first kappa shape index (κ1) is 15.2. The summed E-state index contributed by atoms with van der Waals surface area (Å²) in [7, 11) is 0. The molecule has 3 N–H and O–H groups in total. The Bertz CT molecular complexity index is 951. The minimum atomic E-state index is 0.263. The number of aromatic nitrogens is 2.